The summed E-state index contributed by atoms with van der Waals surface area (Å²) in [6.45, 7) is 4.58. The van der Waals surface area contributed by atoms with E-state index >= 15 is 0 Å². The zero-order valence-corrected chi connectivity index (χ0v) is 14.2. The second-order valence-electron chi connectivity index (χ2n) is 5.83. The van der Waals surface area contributed by atoms with E-state index in [1.165, 1.54) is 12.4 Å². The standard InChI is InChI=1S/C19H19N5O/c1-13-7-14(2)9-17(8-13)24-18(25)16-11-22-19(23-12-16)21-10-15-3-5-20-6-4-15/h3-9,11-12H,10H2,1-2H3,(H,24,25)(H,21,22,23). The summed E-state index contributed by atoms with van der Waals surface area (Å²) < 4.78 is 0. The Morgan fingerprint density at radius 3 is 2.28 bits per heavy atom. The van der Waals surface area contributed by atoms with Gasteiger partial charge in [-0.1, -0.05) is 6.07 Å². The molecule has 0 atom stereocenters. The molecule has 2 N–H and O–H groups in total. The SMILES string of the molecule is Cc1cc(C)cc(NC(=O)c2cnc(NCc3ccncc3)nc2)c1. The minimum atomic E-state index is -0.231. The van der Waals surface area contributed by atoms with E-state index in [0.717, 1.165) is 22.4 Å². The van der Waals surface area contributed by atoms with E-state index in [4.69, 9.17) is 0 Å². The Bertz CT molecular complexity index is 842. The summed E-state index contributed by atoms with van der Waals surface area (Å²) >= 11 is 0. The molecule has 0 aliphatic rings. The lowest BCUT2D eigenvalue weighted by Gasteiger charge is -2.08. The molecule has 2 heterocycles. The highest BCUT2D eigenvalue weighted by atomic mass is 16.1. The predicted octanol–water partition coefficient (Wildman–Crippen LogP) is 3.35. The largest absolute Gasteiger partial charge is 0.350 e. The van der Waals surface area contributed by atoms with E-state index in [0.29, 0.717) is 18.1 Å². The fourth-order valence-electron chi connectivity index (χ4n) is 2.47. The van der Waals surface area contributed by atoms with Crippen LogP contribution in [0.3, 0.4) is 0 Å². The fraction of sp³-hybridized carbons (Fsp3) is 0.158. The maximum atomic E-state index is 12.3. The number of amides is 1. The Morgan fingerprint density at radius 2 is 1.64 bits per heavy atom. The number of hydrogen-bond donors (Lipinski definition) is 2. The molecule has 0 unspecified atom stereocenters. The fourth-order valence-corrected chi connectivity index (χ4v) is 2.47. The maximum Gasteiger partial charge on any atom is 0.258 e. The third-order valence-electron chi connectivity index (χ3n) is 3.59. The molecular weight excluding hydrogens is 314 g/mol. The second-order valence-corrected chi connectivity index (χ2v) is 5.83. The van der Waals surface area contributed by atoms with Crippen molar-refractivity contribution in [1.29, 1.82) is 0 Å². The summed E-state index contributed by atoms with van der Waals surface area (Å²) in [6.07, 6.45) is 6.50. The number of pyridine rings is 1. The van der Waals surface area contributed by atoms with Gasteiger partial charge < -0.3 is 10.6 Å². The summed E-state index contributed by atoms with van der Waals surface area (Å²) in [5, 5.41) is 5.98. The molecule has 1 amide bonds. The number of nitrogens with one attached hydrogen (secondary N) is 2. The van der Waals surface area contributed by atoms with Gasteiger partial charge in [0, 0.05) is 37.0 Å². The smallest absolute Gasteiger partial charge is 0.258 e. The number of hydrogen-bond acceptors (Lipinski definition) is 5. The van der Waals surface area contributed by atoms with Crippen molar-refractivity contribution in [3.05, 3.63) is 77.4 Å². The topological polar surface area (TPSA) is 79.8 Å². The van der Waals surface area contributed by atoms with E-state index in [1.807, 2.05) is 38.1 Å². The highest BCUT2D eigenvalue weighted by molar-refractivity contribution is 6.04. The number of aromatic nitrogens is 3. The molecule has 6 nitrogen and oxygen atoms in total. The summed E-state index contributed by atoms with van der Waals surface area (Å²) in [5.41, 5.74) is 4.45. The lowest BCUT2D eigenvalue weighted by molar-refractivity contribution is 0.102. The van der Waals surface area contributed by atoms with E-state index in [2.05, 4.69) is 31.7 Å². The van der Waals surface area contributed by atoms with Gasteiger partial charge in [0.05, 0.1) is 5.56 Å². The van der Waals surface area contributed by atoms with E-state index in [1.54, 1.807) is 12.4 Å². The molecule has 0 aliphatic carbocycles. The molecule has 0 radical (unpaired) electrons. The van der Waals surface area contributed by atoms with Crippen LogP contribution in [0.4, 0.5) is 11.6 Å². The first-order valence-electron chi connectivity index (χ1n) is 7.94. The average molecular weight is 333 g/mol. The van der Waals surface area contributed by atoms with Gasteiger partial charge in [-0.3, -0.25) is 9.78 Å². The molecule has 0 spiro atoms. The lowest BCUT2D eigenvalue weighted by Crippen LogP contribution is -2.13. The maximum absolute atomic E-state index is 12.3. The van der Waals surface area contributed by atoms with Crippen LogP contribution in [0.15, 0.2) is 55.1 Å². The zero-order chi connectivity index (χ0) is 17.6. The third kappa shape index (κ3) is 4.60. The molecule has 25 heavy (non-hydrogen) atoms. The van der Waals surface area contributed by atoms with Crippen LogP contribution < -0.4 is 10.6 Å². The molecule has 0 saturated carbocycles. The summed E-state index contributed by atoms with van der Waals surface area (Å²) in [5.74, 6) is 0.241. The van der Waals surface area contributed by atoms with Crippen LogP contribution in [0, 0.1) is 13.8 Å². The van der Waals surface area contributed by atoms with Gasteiger partial charge in [0.2, 0.25) is 5.95 Å². The van der Waals surface area contributed by atoms with E-state index in [-0.39, 0.29) is 5.91 Å². The van der Waals surface area contributed by atoms with Crippen molar-refractivity contribution in [3.8, 4) is 0 Å². The Morgan fingerprint density at radius 1 is 1.00 bits per heavy atom. The number of carbonyl (C=O) groups excluding carboxylic acids is 1. The number of carbonyl (C=O) groups is 1. The van der Waals surface area contributed by atoms with Gasteiger partial charge in [-0.05, 0) is 54.8 Å². The van der Waals surface area contributed by atoms with Crippen LogP contribution in [-0.2, 0) is 6.54 Å². The number of nitrogens with zero attached hydrogens (tertiary/aromatic N) is 3. The highest BCUT2D eigenvalue weighted by Gasteiger charge is 2.08. The van der Waals surface area contributed by atoms with Crippen molar-refractivity contribution >= 4 is 17.5 Å². The first-order chi connectivity index (χ1) is 12.1. The Labute approximate surface area is 146 Å². The second kappa shape index (κ2) is 7.53. The first kappa shape index (κ1) is 16.6. The van der Waals surface area contributed by atoms with Gasteiger partial charge in [-0.15, -0.1) is 0 Å². The minimum Gasteiger partial charge on any atom is -0.350 e. The van der Waals surface area contributed by atoms with Crippen LogP contribution in [0.2, 0.25) is 0 Å². The summed E-state index contributed by atoms with van der Waals surface area (Å²) in [7, 11) is 0. The molecular formula is C19H19N5O. The van der Waals surface area contributed by atoms with Crippen LogP contribution in [0.5, 0.6) is 0 Å². The molecule has 1 aromatic carbocycles. The Balaban J connectivity index is 1.62. The first-order valence-corrected chi connectivity index (χ1v) is 7.94. The zero-order valence-electron chi connectivity index (χ0n) is 14.2. The predicted molar refractivity (Wildman–Crippen MR) is 97.5 cm³/mol. The van der Waals surface area contributed by atoms with Crippen molar-refractivity contribution in [2.75, 3.05) is 10.6 Å². The lowest BCUT2D eigenvalue weighted by atomic mass is 10.1. The van der Waals surface area contributed by atoms with Crippen LogP contribution >= 0.6 is 0 Å². The number of aryl methyl sites for hydroxylation is 2. The van der Waals surface area contributed by atoms with Gasteiger partial charge in [0.25, 0.3) is 5.91 Å². The van der Waals surface area contributed by atoms with Gasteiger partial charge >= 0.3 is 0 Å². The Kier molecular flexibility index (Phi) is 4.99. The van der Waals surface area contributed by atoms with Crippen LogP contribution in [0.25, 0.3) is 0 Å². The van der Waals surface area contributed by atoms with E-state index < -0.39 is 0 Å². The monoisotopic (exact) mass is 333 g/mol. The number of benzene rings is 1. The van der Waals surface area contributed by atoms with Crippen molar-refractivity contribution in [1.82, 2.24) is 15.0 Å². The molecule has 3 rings (SSSR count). The molecule has 3 aromatic rings. The van der Waals surface area contributed by atoms with Crippen molar-refractivity contribution in [3.63, 3.8) is 0 Å². The minimum absolute atomic E-state index is 0.231. The van der Waals surface area contributed by atoms with Gasteiger partial charge in [-0.25, -0.2) is 9.97 Å². The molecule has 126 valence electrons. The molecule has 0 bridgehead atoms. The summed E-state index contributed by atoms with van der Waals surface area (Å²) in [4.78, 5) is 24.7. The van der Waals surface area contributed by atoms with Crippen LogP contribution in [0.1, 0.15) is 27.0 Å². The number of anilines is 2. The quantitative estimate of drug-likeness (QED) is 0.748. The average Bonchev–Trinajstić information content (AvgIpc) is 2.60. The van der Waals surface area contributed by atoms with E-state index in [9.17, 15) is 4.79 Å². The molecule has 6 heteroatoms. The molecule has 0 fully saturated rings. The molecule has 0 saturated heterocycles. The van der Waals surface area contributed by atoms with Crippen molar-refractivity contribution in [2.24, 2.45) is 0 Å². The summed E-state index contributed by atoms with van der Waals surface area (Å²) in [6, 6.07) is 9.74. The normalized spacial score (nSPS) is 10.3. The van der Waals surface area contributed by atoms with Crippen molar-refractivity contribution in [2.45, 2.75) is 20.4 Å². The third-order valence-corrected chi connectivity index (χ3v) is 3.59. The van der Waals surface area contributed by atoms with Gasteiger partial charge in [-0.2, -0.15) is 0 Å². The highest BCUT2D eigenvalue weighted by Crippen LogP contribution is 2.15. The Hall–Kier alpha value is -3.28. The van der Waals surface area contributed by atoms with Gasteiger partial charge in [0.15, 0.2) is 0 Å². The van der Waals surface area contributed by atoms with Crippen LogP contribution in [-0.4, -0.2) is 20.9 Å². The van der Waals surface area contributed by atoms with Gasteiger partial charge in [0.1, 0.15) is 0 Å². The molecule has 2 aromatic heterocycles. The molecule has 0 aliphatic heterocycles. The van der Waals surface area contributed by atoms with Crippen molar-refractivity contribution < 1.29 is 4.79 Å². The number of rotatable bonds is 5.